The average Bonchev–Trinajstić information content (AvgIpc) is 3.08. The van der Waals surface area contributed by atoms with Crippen LogP contribution in [0.3, 0.4) is 0 Å². The number of likely N-dealkylation sites (tertiary alicyclic amines) is 2. The second-order valence-corrected chi connectivity index (χ2v) is 6.71. The fourth-order valence-corrected chi connectivity index (χ4v) is 3.71. The van der Waals surface area contributed by atoms with E-state index >= 15 is 0 Å². The van der Waals surface area contributed by atoms with E-state index in [1.165, 1.54) is 0 Å². The van der Waals surface area contributed by atoms with E-state index < -0.39 is 12.0 Å². The Hall–Kier alpha value is -1.99. The topological polar surface area (TPSA) is 59.6 Å². The van der Waals surface area contributed by atoms with Crippen LogP contribution >= 0.6 is 0 Å². The van der Waals surface area contributed by atoms with Crippen molar-refractivity contribution in [2.24, 2.45) is 0 Å². The molecule has 1 amide bonds. The fourth-order valence-electron chi connectivity index (χ4n) is 3.71. The maximum atomic E-state index is 13.6. The van der Waals surface area contributed by atoms with Gasteiger partial charge in [-0.2, -0.15) is 0 Å². The molecule has 0 unspecified atom stereocenters. The highest BCUT2D eigenvalue weighted by Gasteiger charge is 2.49. The highest BCUT2D eigenvalue weighted by Crippen LogP contribution is 2.35. The summed E-state index contributed by atoms with van der Waals surface area (Å²) in [6.07, 6.45) is 1.51. The van der Waals surface area contributed by atoms with Gasteiger partial charge in [0.05, 0.1) is 13.2 Å². The first-order valence-corrected chi connectivity index (χ1v) is 8.08. The molecule has 24 heavy (non-hydrogen) atoms. The predicted molar refractivity (Wildman–Crippen MR) is 85.1 cm³/mol. The molecule has 2 saturated heterocycles. The number of aliphatic hydroxyl groups excluding tert-OH is 1. The molecule has 0 spiro atoms. The number of hydrogen-bond acceptors (Lipinski definition) is 3. The molecule has 1 atom stereocenters. The van der Waals surface area contributed by atoms with Gasteiger partial charge >= 0.3 is 0 Å². The summed E-state index contributed by atoms with van der Waals surface area (Å²) in [6, 6.07) is 6.80. The molecule has 2 aliphatic heterocycles. The summed E-state index contributed by atoms with van der Waals surface area (Å²) in [5, 5.41) is 10.4. The first kappa shape index (κ1) is 15.5. The third-order valence-corrected chi connectivity index (χ3v) is 5.05. The zero-order valence-electron chi connectivity index (χ0n) is 13.1. The number of aromatic nitrogens is 1. The van der Waals surface area contributed by atoms with Crippen molar-refractivity contribution in [3.63, 3.8) is 0 Å². The molecular weight excluding hydrogens is 316 g/mol. The van der Waals surface area contributed by atoms with Gasteiger partial charge in [-0.05, 0) is 23.6 Å². The number of carbonyl (C=O) groups is 1. The molecule has 5 nitrogen and oxygen atoms in total. The minimum atomic E-state index is -2.75. The Balaban J connectivity index is 1.42. The largest absolute Gasteiger partial charge is 0.395 e. The Labute approximate surface area is 137 Å². The van der Waals surface area contributed by atoms with Crippen molar-refractivity contribution in [2.45, 2.75) is 24.4 Å². The Morgan fingerprint density at radius 1 is 1.33 bits per heavy atom. The van der Waals surface area contributed by atoms with E-state index in [4.69, 9.17) is 0 Å². The van der Waals surface area contributed by atoms with Crippen molar-refractivity contribution < 1.29 is 18.7 Å². The molecule has 7 heteroatoms. The summed E-state index contributed by atoms with van der Waals surface area (Å²) in [6.45, 7) is 0.241. The first-order chi connectivity index (χ1) is 11.5. The summed E-state index contributed by atoms with van der Waals surface area (Å²) < 4.78 is 27.1. The Morgan fingerprint density at radius 2 is 2.12 bits per heavy atom. The van der Waals surface area contributed by atoms with Gasteiger partial charge in [0.1, 0.15) is 0 Å². The van der Waals surface area contributed by atoms with Crippen molar-refractivity contribution in [3.8, 4) is 0 Å². The maximum absolute atomic E-state index is 13.6. The third kappa shape index (κ3) is 2.57. The highest BCUT2D eigenvalue weighted by atomic mass is 19.3. The van der Waals surface area contributed by atoms with Crippen molar-refractivity contribution in [2.75, 3.05) is 26.2 Å². The van der Waals surface area contributed by atoms with Crippen molar-refractivity contribution in [3.05, 3.63) is 36.0 Å². The fraction of sp³-hybridized carbons (Fsp3) is 0.471. The normalized spacial score (nSPS) is 24.5. The van der Waals surface area contributed by atoms with E-state index in [9.17, 15) is 18.7 Å². The van der Waals surface area contributed by atoms with Crippen LogP contribution in [0, 0.1) is 0 Å². The lowest BCUT2D eigenvalue weighted by Gasteiger charge is -2.45. The van der Waals surface area contributed by atoms with Crippen molar-refractivity contribution >= 4 is 16.8 Å². The molecule has 2 N–H and O–H groups in total. The number of alkyl halides is 2. The van der Waals surface area contributed by atoms with Gasteiger partial charge in [-0.3, -0.25) is 9.69 Å². The minimum Gasteiger partial charge on any atom is -0.395 e. The number of fused-ring (bicyclic) bond motifs is 1. The van der Waals surface area contributed by atoms with Crippen LogP contribution in [0.25, 0.3) is 10.9 Å². The lowest BCUT2D eigenvalue weighted by molar-refractivity contribution is -0.0125. The average molecular weight is 335 g/mol. The van der Waals surface area contributed by atoms with Gasteiger partial charge < -0.3 is 15.0 Å². The second kappa shape index (κ2) is 5.53. The number of amides is 1. The van der Waals surface area contributed by atoms with Crippen LogP contribution in [0.4, 0.5) is 8.78 Å². The number of hydrogen-bond donors (Lipinski definition) is 2. The van der Waals surface area contributed by atoms with Crippen LogP contribution in [0.2, 0.25) is 0 Å². The Bertz CT molecular complexity index is 770. The molecule has 0 aliphatic carbocycles. The summed E-state index contributed by atoms with van der Waals surface area (Å²) in [5.74, 6) is -2.84. The van der Waals surface area contributed by atoms with E-state index in [1.54, 1.807) is 15.9 Å². The molecule has 0 bridgehead atoms. The molecule has 2 aliphatic rings. The number of H-pyrrole nitrogens is 1. The van der Waals surface area contributed by atoms with Gasteiger partial charge in [0.25, 0.3) is 11.8 Å². The molecule has 1 aromatic heterocycles. The number of rotatable bonds is 3. The van der Waals surface area contributed by atoms with E-state index in [1.807, 2.05) is 24.4 Å². The van der Waals surface area contributed by atoms with Gasteiger partial charge in [0.15, 0.2) is 0 Å². The van der Waals surface area contributed by atoms with Gasteiger partial charge in [0, 0.05) is 48.9 Å². The van der Waals surface area contributed by atoms with Crippen LogP contribution < -0.4 is 0 Å². The Kier molecular flexibility index (Phi) is 3.58. The highest BCUT2D eigenvalue weighted by molar-refractivity contribution is 5.98. The van der Waals surface area contributed by atoms with Crippen LogP contribution in [-0.2, 0) is 0 Å². The zero-order chi connectivity index (χ0) is 16.9. The van der Waals surface area contributed by atoms with Gasteiger partial charge in [0.2, 0.25) is 0 Å². The SMILES string of the molecule is O=C(c1ccc2cc[nH]c2c1)N1CC(N2CC(F)(F)C[C@H]2CO)C1. The van der Waals surface area contributed by atoms with E-state index in [0.29, 0.717) is 18.7 Å². The van der Waals surface area contributed by atoms with E-state index in [0.717, 1.165) is 10.9 Å². The first-order valence-electron chi connectivity index (χ1n) is 8.08. The Morgan fingerprint density at radius 3 is 2.88 bits per heavy atom. The maximum Gasteiger partial charge on any atom is 0.262 e. The number of aromatic amines is 1. The lowest BCUT2D eigenvalue weighted by Crippen LogP contribution is -2.62. The number of nitrogens with one attached hydrogen (secondary N) is 1. The van der Waals surface area contributed by atoms with Crippen molar-refractivity contribution in [1.29, 1.82) is 0 Å². The third-order valence-electron chi connectivity index (χ3n) is 5.05. The molecule has 0 saturated carbocycles. The molecule has 1 aromatic carbocycles. The number of carbonyl (C=O) groups excluding carboxylic acids is 1. The quantitative estimate of drug-likeness (QED) is 0.897. The number of aliphatic hydroxyl groups is 1. The van der Waals surface area contributed by atoms with Gasteiger partial charge in [-0.25, -0.2) is 8.78 Å². The van der Waals surface area contributed by atoms with Gasteiger partial charge in [-0.15, -0.1) is 0 Å². The summed E-state index contributed by atoms with van der Waals surface area (Å²) in [7, 11) is 0. The number of halogens is 2. The van der Waals surface area contributed by atoms with Gasteiger partial charge in [-0.1, -0.05) is 6.07 Å². The second-order valence-electron chi connectivity index (χ2n) is 6.71. The molecule has 2 fully saturated rings. The summed E-state index contributed by atoms with van der Waals surface area (Å²) >= 11 is 0. The van der Waals surface area contributed by atoms with Crippen molar-refractivity contribution in [1.82, 2.24) is 14.8 Å². The lowest BCUT2D eigenvalue weighted by atomic mass is 10.0. The summed E-state index contributed by atoms with van der Waals surface area (Å²) in [5.41, 5.74) is 1.49. The smallest absolute Gasteiger partial charge is 0.262 e. The molecule has 3 heterocycles. The predicted octanol–water partition coefficient (Wildman–Crippen LogP) is 1.69. The zero-order valence-corrected chi connectivity index (χ0v) is 13.1. The van der Waals surface area contributed by atoms with E-state index in [-0.39, 0.29) is 31.5 Å². The number of nitrogens with zero attached hydrogens (tertiary/aromatic N) is 2. The molecule has 2 aromatic rings. The standard InChI is InChI=1S/C17H19F2N3O2/c18-17(19)6-13(9-23)22(10-17)14-7-21(8-14)16(24)12-2-1-11-3-4-20-15(11)5-12/h1-5,13-14,20,23H,6-10H2/t13-/m0/s1. The molecule has 128 valence electrons. The monoisotopic (exact) mass is 335 g/mol. The molecular formula is C17H19F2N3O2. The number of benzene rings is 1. The molecule has 4 rings (SSSR count). The minimum absolute atomic E-state index is 0.0887. The van der Waals surface area contributed by atoms with Crippen LogP contribution in [0.1, 0.15) is 16.8 Å². The van der Waals surface area contributed by atoms with E-state index in [2.05, 4.69) is 4.98 Å². The van der Waals surface area contributed by atoms with Crippen LogP contribution in [-0.4, -0.2) is 70.0 Å². The molecule has 0 radical (unpaired) electrons. The van der Waals surface area contributed by atoms with Crippen LogP contribution in [0.15, 0.2) is 30.5 Å². The van der Waals surface area contributed by atoms with Crippen LogP contribution in [0.5, 0.6) is 0 Å². The summed E-state index contributed by atoms with van der Waals surface area (Å²) in [4.78, 5) is 18.9.